The highest BCUT2D eigenvalue weighted by molar-refractivity contribution is 14.1. The summed E-state index contributed by atoms with van der Waals surface area (Å²) in [5, 5.41) is 0. The molecule has 1 N–H and O–H groups in total. The van der Waals surface area contributed by atoms with Crippen LogP contribution >= 0.6 is 22.9 Å². The van der Waals surface area contributed by atoms with Crippen molar-refractivity contribution in [3.8, 4) is 0 Å². The van der Waals surface area contributed by atoms with Crippen LogP contribution in [-0.4, -0.2) is 18.1 Å². The fourth-order valence-corrected chi connectivity index (χ4v) is 2.73. The fourth-order valence-electron chi connectivity index (χ4n) is 2.29. The van der Waals surface area contributed by atoms with E-state index in [0.717, 1.165) is 12.8 Å². The summed E-state index contributed by atoms with van der Waals surface area (Å²) >= 11 is 1.90. The summed E-state index contributed by atoms with van der Waals surface area (Å²) in [4.78, 5) is 11.8. The van der Waals surface area contributed by atoms with Gasteiger partial charge in [0.1, 0.15) is 0 Å². The van der Waals surface area contributed by atoms with Crippen LogP contribution in [0.3, 0.4) is 0 Å². The Labute approximate surface area is 139 Å². The van der Waals surface area contributed by atoms with Gasteiger partial charge < -0.3 is 4.74 Å². The molecule has 0 heterocycles. The first-order chi connectivity index (χ1) is 8.86. The van der Waals surface area contributed by atoms with Crippen LogP contribution in [0.25, 0.3) is 0 Å². The molecule has 0 aliphatic carbocycles. The predicted molar refractivity (Wildman–Crippen MR) is 93.8 cm³/mol. The molecule has 0 aromatic carbocycles. The maximum atomic E-state index is 11.8. The number of ether oxygens (including phenoxy) is 1. The van der Waals surface area contributed by atoms with Crippen molar-refractivity contribution < 1.29 is 9.53 Å². The Balaban J connectivity index is 4.97. The summed E-state index contributed by atoms with van der Waals surface area (Å²) in [5.41, 5.74) is -0.0289. The first-order valence-electron chi connectivity index (χ1n) is 7.41. The van der Waals surface area contributed by atoms with Crippen LogP contribution in [0.5, 0.6) is 0 Å². The standard InChI is InChI=1S/C16H32INO2/c1-9-12(13(19)18-17)10-20-16(8,15(5,6)7)11-14(2,3)4/h12H,9-11H2,1-8H3,(H,18,19). The van der Waals surface area contributed by atoms with Gasteiger partial charge in [0, 0.05) is 0 Å². The van der Waals surface area contributed by atoms with E-state index in [9.17, 15) is 4.79 Å². The first kappa shape index (κ1) is 20.2. The highest BCUT2D eigenvalue weighted by Crippen LogP contribution is 2.42. The van der Waals surface area contributed by atoms with Crippen LogP contribution < -0.4 is 3.53 Å². The van der Waals surface area contributed by atoms with E-state index in [1.54, 1.807) is 0 Å². The van der Waals surface area contributed by atoms with E-state index in [0.29, 0.717) is 6.61 Å². The maximum Gasteiger partial charge on any atom is 0.234 e. The third-order valence-corrected chi connectivity index (χ3v) is 4.55. The second-order valence-corrected chi connectivity index (χ2v) is 8.63. The second kappa shape index (κ2) is 7.43. The number of carbonyl (C=O) groups excluding carboxylic acids is 1. The topological polar surface area (TPSA) is 38.3 Å². The van der Waals surface area contributed by atoms with Gasteiger partial charge in [0.25, 0.3) is 0 Å². The average molecular weight is 397 g/mol. The van der Waals surface area contributed by atoms with Crippen LogP contribution in [-0.2, 0) is 9.53 Å². The van der Waals surface area contributed by atoms with E-state index >= 15 is 0 Å². The lowest BCUT2D eigenvalue weighted by molar-refractivity contribution is -0.145. The number of halogens is 1. The Hall–Kier alpha value is 0.160. The van der Waals surface area contributed by atoms with Crippen LogP contribution in [0.15, 0.2) is 0 Å². The van der Waals surface area contributed by atoms with Gasteiger partial charge in [-0.25, -0.2) is 0 Å². The van der Waals surface area contributed by atoms with Gasteiger partial charge in [0.15, 0.2) is 0 Å². The summed E-state index contributed by atoms with van der Waals surface area (Å²) in [6.45, 7) is 18.0. The summed E-state index contributed by atoms with van der Waals surface area (Å²) in [7, 11) is 0. The molecule has 2 unspecified atom stereocenters. The van der Waals surface area contributed by atoms with Crippen LogP contribution in [0, 0.1) is 16.7 Å². The third-order valence-electron chi connectivity index (χ3n) is 4.01. The van der Waals surface area contributed by atoms with Crippen LogP contribution in [0.1, 0.15) is 68.2 Å². The number of carbonyl (C=O) groups is 1. The molecule has 0 aromatic rings. The van der Waals surface area contributed by atoms with E-state index in [-0.39, 0.29) is 28.3 Å². The number of hydrogen-bond acceptors (Lipinski definition) is 2. The van der Waals surface area contributed by atoms with Crippen molar-refractivity contribution in [2.24, 2.45) is 16.7 Å². The monoisotopic (exact) mass is 397 g/mol. The van der Waals surface area contributed by atoms with Crippen molar-refractivity contribution in [1.29, 1.82) is 0 Å². The number of nitrogens with one attached hydrogen (secondary N) is 1. The maximum absolute atomic E-state index is 11.8. The van der Waals surface area contributed by atoms with Gasteiger partial charge in [-0.3, -0.25) is 8.32 Å². The molecule has 4 heteroatoms. The lowest BCUT2D eigenvalue weighted by atomic mass is 9.69. The van der Waals surface area contributed by atoms with Gasteiger partial charge in [-0.2, -0.15) is 0 Å². The number of amides is 1. The summed E-state index contributed by atoms with van der Waals surface area (Å²) in [6.07, 6.45) is 1.76. The minimum Gasteiger partial charge on any atom is -0.374 e. The van der Waals surface area contributed by atoms with E-state index in [1.165, 1.54) is 0 Å². The van der Waals surface area contributed by atoms with Gasteiger partial charge in [-0.1, -0.05) is 48.5 Å². The highest BCUT2D eigenvalue weighted by atomic mass is 127. The molecule has 0 radical (unpaired) electrons. The Kier molecular flexibility index (Phi) is 7.49. The first-order valence-corrected chi connectivity index (χ1v) is 8.48. The Morgan fingerprint density at radius 2 is 1.65 bits per heavy atom. The van der Waals surface area contributed by atoms with Crippen LogP contribution in [0.2, 0.25) is 0 Å². The number of hydrogen-bond donors (Lipinski definition) is 1. The molecule has 0 aromatic heterocycles. The van der Waals surface area contributed by atoms with Gasteiger partial charge in [0.2, 0.25) is 5.91 Å². The molecule has 2 atom stereocenters. The zero-order valence-corrected chi connectivity index (χ0v) is 16.6. The predicted octanol–water partition coefficient (Wildman–Crippen LogP) is 4.74. The summed E-state index contributed by atoms with van der Waals surface area (Å²) in [6, 6.07) is 0. The van der Waals surface area contributed by atoms with E-state index in [4.69, 9.17) is 4.74 Å². The smallest absolute Gasteiger partial charge is 0.234 e. The largest absolute Gasteiger partial charge is 0.374 e. The quantitative estimate of drug-likeness (QED) is 0.520. The fraction of sp³-hybridized carbons (Fsp3) is 0.938. The summed E-state index contributed by atoms with van der Waals surface area (Å²) < 4.78 is 8.97. The van der Waals surface area contributed by atoms with Crippen molar-refractivity contribution in [3.05, 3.63) is 0 Å². The van der Waals surface area contributed by atoms with Gasteiger partial charge in [-0.05, 0) is 30.6 Å². The van der Waals surface area contributed by atoms with E-state index < -0.39 is 0 Å². The summed E-state index contributed by atoms with van der Waals surface area (Å²) in [5.74, 6) is -0.0198. The van der Waals surface area contributed by atoms with Gasteiger partial charge in [0.05, 0.1) is 41.0 Å². The molecule has 0 spiro atoms. The molecule has 1 amide bonds. The normalized spacial score (nSPS) is 17.4. The van der Waals surface area contributed by atoms with Crippen LogP contribution in [0.4, 0.5) is 0 Å². The SMILES string of the molecule is CCC(COC(C)(CC(C)(C)C)C(C)(C)C)C(=O)NI. The minimum atomic E-state index is -0.246. The lowest BCUT2D eigenvalue weighted by Crippen LogP contribution is -2.47. The molecule has 20 heavy (non-hydrogen) atoms. The Morgan fingerprint density at radius 3 is 1.95 bits per heavy atom. The van der Waals surface area contributed by atoms with Crippen molar-refractivity contribution in [3.63, 3.8) is 0 Å². The molecule has 0 fully saturated rings. The van der Waals surface area contributed by atoms with E-state index in [1.807, 2.05) is 29.8 Å². The van der Waals surface area contributed by atoms with Gasteiger partial charge >= 0.3 is 0 Å². The second-order valence-electron chi connectivity index (χ2n) is 8.09. The van der Waals surface area contributed by atoms with E-state index in [2.05, 4.69) is 52.0 Å². The van der Waals surface area contributed by atoms with Crippen molar-refractivity contribution >= 4 is 28.8 Å². The van der Waals surface area contributed by atoms with Crippen molar-refractivity contribution in [1.82, 2.24) is 3.53 Å². The Bertz CT molecular complexity index is 317. The molecule has 3 nitrogen and oxygen atoms in total. The minimum absolute atomic E-state index is 0.0272. The highest BCUT2D eigenvalue weighted by Gasteiger charge is 2.42. The van der Waals surface area contributed by atoms with Crippen molar-refractivity contribution in [2.45, 2.75) is 73.8 Å². The molecular weight excluding hydrogens is 365 g/mol. The van der Waals surface area contributed by atoms with Crippen molar-refractivity contribution in [2.75, 3.05) is 6.61 Å². The molecule has 0 saturated heterocycles. The Morgan fingerprint density at radius 1 is 1.15 bits per heavy atom. The molecule has 0 aliphatic heterocycles. The van der Waals surface area contributed by atoms with Gasteiger partial charge in [-0.15, -0.1) is 0 Å². The zero-order valence-electron chi connectivity index (χ0n) is 14.4. The molecule has 0 saturated carbocycles. The third kappa shape index (κ3) is 6.29. The zero-order chi connectivity index (χ0) is 16.2. The molecule has 0 rings (SSSR count). The number of rotatable bonds is 6. The average Bonchev–Trinajstić information content (AvgIpc) is 2.25. The molecule has 120 valence electrons. The molecule has 0 bridgehead atoms. The molecule has 0 aliphatic rings. The molecular formula is C16H32INO2. The lowest BCUT2D eigenvalue weighted by Gasteiger charge is -2.46.